The zero-order valence-corrected chi connectivity index (χ0v) is 11.1. The molecule has 0 aliphatic rings. The average Bonchev–Trinajstić information content (AvgIpc) is 2.06. The summed E-state index contributed by atoms with van der Waals surface area (Å²) in [4.78, 5) is 10.4. The van der Waals surface area contributed by atoms with Crippen LogP contribution in [0.4, 0.5) is 0 Å². The number of carbonyl (C=O) groups excluding carboxylic acids is 1. The maximum Gasteiger partial charge on any atom is 1.00 e. The van der Waals surface area contributed by atoms with Crippen molar-refractivity contribution >= 4 is 5.97 Å². The van der Waals surface area contributed by atoms with Crippen molar-refractivity contribution in [2.45, 2.75) is 13.3 Å². The molecule has 0 radical (unpaired) electrons. The van der Waals surface area contributed by atoms with Crippen LogP contribution < -0.4 is 56.5 Å². The third-order valence-electron chi connectivity index (χ3n) is 1.79. The summed E-state index contributed by atoms with van der Waals surface area (Å²) in [6, 6.07) is 9.54. The van der Waals surface area contributed by atoms with Crippen molar-refractivity contribution < 1.29 is 61.3 Å². The van der Waals surface area contributed by atoms with Crippen molar-refractivity contribution in [1.29, 1.82) is 0 Å². The van der Waals surface area contributed by atoms with Crippen LogP contribution in [0.15, 0.2) is 30.3 Å². The Morgan fingerprint density at radius 3 is 2.38 bits per heavy atom. The van der Waals surface area contributed by atoms with E-state index in [9.17, 15) is 9.90 Å². The minimum Gasteiger partial charge on any atom is -0.550 e. The van der Waals surface area contributed by atoms with E-state index in [4.69, 9.17) is 0 Å². The third kappa shape index (κ3) is 4.93. The number of rotatable bonds is 3. The van der Waals surface area contributed by atoms with Gasteiger partial charge in [0.25, 0.3) is 0 Å². The first-order chi connectivity index (χ1) is 5.70. The number of carboxylic acids is 1. The van der Waals surface area contributed by atoms with Gasteiger partial charge in [-0.1, -0.05) is 37.3 Å². The largest absolute Gasteiger partial charge is 1.00 e. The van der Waals surface area contributed by atoms with E-state index in [0.717, 1.165) is 5.56 Å². The molecule has 0 unspecified atom stereocenters. The fraction of sp³-hybridized carbons (Fsp3) is 0.300. The molecule has 1 aromatic rings. The van der Waals surface area contributed by atoms with Gasteiger partial charge in [0, 0.05) is 5.97 Å². The molecule has 1 aromatic carbocycles. The minimum atomic E-state index is -0.987. The van der Waals surface area contributed by atoms with Gasteiger partial charge in [-0.3, -0.25) is 0 Å². The normalized spacial score (nSPS) is 11.5. The maximum absolute atomic E-state index is 10.4. The SMILES string of the molecule is C[C@H](Cc1ccccc1)C(=O)[O-].[K+]. The Morgan fingerprint density at radius 2 is 1.92 bits per heavy atom. The van der Waals surface area contributed by atoms with Crippen LogP contribution in [0.25, 0.3) is 0 Å². The molecule has 0 N–H and O–H groups in total. The number of aliphatic carboxylic acids is 1. The Balaban J connectivity index is 0.00000144. The Labute approximate surface area is 121 Å². The number of carbonyl (C=O) groups is 1. The average molecular weight is 202 g/mol. The summed E-state index contributed by atoms with van der Waals surface area (Å²) in [6.45, 7) is 1.66. The standard InChI is InChI=1S/C10H12O2.K/c1-8(10(11)12)7-9-5-3-2-4-6-9;/h2-6,8H,7H2,1H3,(H,11,12);/q;+1/p-1/t8-;/m1./s1. The van der Waals surface area contributed by atoms with Gasteiger partial charge in [-0.05, 0) is 17.9 Å². The monoisotopic (exact) mass is 202 g/mol. The first-order valence-corrected chi connectivity index (χ1v) is 3.95. The molecule has 0 saturated carbocycles. The van der Waals surface area contributed by atoms with Gasteiger partial charge < -0.3 is 9.90 Å². The second-order valence-electron chi connectivity index (χ2n) is 2.91. The van der Waals surface area contributed by atoms with Crippen molar-refractivity contribution in [3.63, 3.8) is 0 Å². The van der Waals surface area contributed by atoms with Crippen LogP contribution in [-0.4, -0.2) is 5.97 Å². The molecule has 0 fully saturated rings. The van der Waals surface area contributed by atoms with Crippen molar-refractivity contribution in [3.05, 3.63) is 35.9 Å². The van der Waals surface area contributed by atoms with E-state index in [-0.39, 0.29) is 51.4 Å². The summed E-state index contributed by atoms with van der Waals surface area (Å²) in [7, 11) is 0. The Kier molecular flexibility index (Phi) is 6.90. The van der Waals surface area contributed by atoms with E-state index in [0.29, 0.717) is 6.42 Å². The molecule has 0 spiro atoms. The summed E-state index contributed by atoms with van der Waals surface area (Å²) >= 11 is 0. The van der Waals surface area contributed by atoms with Crippen LogP contribution in [0.3, 0.4) is 0 Å². The summed E-state index contributed by atoms with van der Waals surface area (Å²) in [5, 5.41) is 10.4. The Hall–Kier alpha value is 0.326. The number of hydrogen-bond acceptors (Lipinski definition) is 2. The van der Waals surface area contributed by atoms with Crippen LogP contribution in [0, 0.1) is 5.92 Å². The van der Waals surface area contributed by atoms with Crippen molar-refractivity contribution in [1.82, 2.24) is 0 Å². The molecule has 0 amide bonds. The molecule has 1 rings (SSSR count). The predicted octanol–water partition coefficient (Wildman–Crippen LogP) is -2.38. The fourth-order valence-corrected chi connectivity index (χ4v) is 1.05. The molecule has 0 heterocycles. The molecule has 0 bridgehead atoms. The quantitative estimate of drug-likeness (QED) is 0.514. The first-order valence-electron chi connectivity index (χ1n) is 3.95. The summed E-state index contributed by atoms with van der Waals surface area (Å²) in [6.07, 6.45) is 0.545. The smallest absolute Gasteiger partial charge is 0.550 e. The topological polar surface area (TPSA) is 40.1 Å². The fourth-order valence-electron chi connectivity index (χ4n) is 1.05. The molecule has 0 saturated heterocycles. The van der Waals surface area contributed by atoms with Gasteiger partial charge in [-0.25, -0.2) is 0 Å². The van der Waals surface area contributed by atoms with Crippen LogP contribution >= 0.6 is 0 Å². The van der Waals surface area contributed by atoms with E-state index in [1.54, 1.807) is 6.92 Å². The molecule has 3 heteroatoms. The predicted molar refractivity (Wildman–Crippen MR) is 44.3 cm³/mol. The zero-order valence-electron chi connectivity index (χ0n) is 7.99. The number of benzene rings is 1. The third-order valence-corrected chi connectivity index (χ3v) is 1.79. The minimum absolute atomic E-state index is 0. The first kappa shape index (κ1) is 13.3. The van der Waals surface area contributed by atoms with E-state index in [1.807, 2.05) is 30.3 Å². The Bertz CT molecular complexity index is 259. The molecular weight excluding hydrogens is 191 g/mol. The number of hydrogen-bond donors (Lipinski definition) is 0. The molecule has 64 valence electrons. The second kappa shape index (κ2) is 6.73. The van der Waals surface area contributed by atoms with Gasteiger partial charge in [-0.15, -0.1) is 0 Å². The van der Waals surface area contributed by atoms with Crippen molar-refractivity contribution in [2.24, 2.45) is 5.92 Å². The summed E-state index contributed by atoms with van der Waals surface area (Å²) in [5.74, 6) is -1.40. The maximum atomic E-state index is 10.4. The molecular formula is C10H11KO2. The second-order valence-corrected chi connectivity index (χ2v) is 2.91. The van der Waals surface area contributed by atoms with E-state index in [2.05, 4.69) is 0 Å². The van der Waals surface area contributed by atoms with Gasteiger partial charge in [0.1, 0.15) is 0 Å². The van der Waals surface area contributed by atoms with Gasteiger partial charge in [-0.2, -0.15) is 0 Å². The summed E-state index contributed by atoms with van der Waals surface area (Å²) in [5.41, 5.74) is 1.04. The molecule has 0 aliphatic heterocycles. The van der Waals surface area contributed by atoms with E-state index >= 15 is 0 Å². The van der Waals surface area contributed by atoms with Gasteiger partial charge in [0.05, 0.1) is 0 Å². The van der Waals surface area contributed by atoms with Gasteiger partial charge in [0.2, 0.25) is 0 Å². The van der Waals surface area contributed by atoms with Crippen molar-refractivity contribution in [3.8, 4) is 0 Å². The van der Waals surface area contributed by atoms with E-state index in [1.165, 1.54) is 0 Å². The van der Waals surface area contributed by atoms with Crippen LogP contribution in [-0.2, 0) is 11.2 Å². The van der Waals surface area contributed by atoms with Gasteiger partial charge >= 0.3 is 51.4 Å². The van der Waals surface area contributed by atoms with Gasteiger partial charge in [0.15, 0.2) is 0 Å². The van der Waals surface area contributed by atoms with E-state index < -0.39 is 11.9 Å². The van der Waals surface area contributed by atoms with Crippen LogP contribution in [0.2, 0.25) is 0 Å². The molecule has 0 aromatic heterocycles. The van der Waals surface area contributed by atoms with Crippen LogP contribution in [0.5, 0.6) is 0 Å². The summed E-state index contributed by atoms with van der Waals surface area (Å²) < 4.78 is 0. The van der Waals surface area contributed by atoms with Crippen LogP contribution in [0.1, 0.15) is 12.5 Å². The van der Waals surface area contributed by atoms with Crippen molar-refractivity contribution in [2.75, 3.05) is 0 Å². The zero-order chi connectivity index (χ0) is 8.97. The molecule has 13 heavy (non-hydrogen) atoms. The Morgan fingerprint density at radius 1 is 1.38 bits per heavy atom. The number of carboxylic acid groups (broad SMARTS) is 1. The molecule has 0 aliphatic carbocycles. The molecule has 1 atom stereocenters. The molecule has 2 nitrogen and oxygen atoms in total.